The molecule has 0 radical (unpaired) electrons. The summed E-state index contributed by atoms with van der Waals surface area (Å²) in [6.07, 6.45) is 11.0. The summed E-state index contributed by atoms with van der Waals surface area (Å²) in [5.41, 5.74) is 0.803. The van der Waals surface area contributed by atoms with Gasteiger partial charge in [-0.3, -0.25) is 9.59 Å². The lowest BCUT2D eigenvalue weighted by atomic mass is 9.45. The highest BCUT2D eigenvalue weighted by atomic mass is 16.5. The third kappa shape index (κ3) is 5.00. The van der Waals surface area contributed by atoms with Crippen molar-refractivity contribution in [2.75, 3.05) is 0 Å². The molecule has 0 bridgehead atoms. The highest BCUT2D eigenvalue weighted by Gasteiger charge is 2.61. The number of esters is 1. The molecular formula is C37H56O3. The lowest BCUT2D eigenvalue weighted by molar-refractivity contribution is -0.167. The van der Waals surface area contributed by atoms with Crippen molar-refractivity contribution in [2.24, 2.45) is 63.6 Å². The van der Waals surface area contributed by atoms with E-state index in [1.165, 1.54) is 25.7 Å². The van der Waals surface area contributed by atoms with Crippen molar-refractivity contribution < 1.29 is 14.3 Å². The van der Waals surface area contributed by atoms with Crippen LogP contribution < -0.4 is 0 Å². The number of hydrogen-bond donors (Lipinski definition) is 0. The quantitative estimate of drug-likeness (QED) is 0.319. The predicted molar refractivity (Wildman–Crippen MR) is 162 cm³/mol. The molecule has 3 heteroatoms. The first kappa shape index (κ1) is 29.8. The molecule has 9 unspecified atom stereocenters. The monoisotopic (exact) mass is 548 g/mol. The zero-order valence-electron chi connectivity index (χ0n) is 26.5. The second-order valence-corrected chi connectivity index (χ2v) is 15.8. The minimum atomic E-state index is -0.315. The predicted octanol–water partition coefficient (Wildman–Crippen LogP) is 9.28. The molecule has 40 heavy (non-hydrogen) atoms. The van der Waals surface area contributed by atoms with Crippen molar-refractivity contribution in [3.63, 3.8) is 0 Å². The Morgan fingerprint density at radius 2 is 1.62 bits per heavy atom. The van der Waals surface area contributed by atoms with Crippen LogP contribution in [0.1, 0.15) is 118 Å². The lowest BCUT2D eigenvalue weighted by Crippen LogP contribution is -2.54. The number of benzene rings is 1. The van der Waals surface area contributed by atoms with Gasteiger partial charge in [-0.05, 0) is 110 Å². The maximum atomic E-state index is 14.0. The molecule has 9 atom stereocenters. The van der Waals surface area contributed by atoms with Gasteiger partial charge in [-0.2, -0.15) is 0 Å². The van der Waals surface area contributed by atoms with E-state index in [1.807, 2.05) is 18.2 Å². The number of Topliss-reactive ketones (excluding diaryl/α,β-unsaturated/α-hetero) is 1. The lowest BCUT2D eigenvalue weighted by Gasteiger charge is -2.59. The molecule has 3 nitrogen and oxygen atoms in total. The average molecular weight is 549 g/mol. The number of carbonyl (C=O) groups is 2. The molecule has 1 aromatic rings. The molecule has 222 valence electrons. The van der Waals surface area contributed by atoms with Crippen molar-refractivity contribution in [3.8, 4) is 0 Å². The first-order valence-corrected chi connectivity index (χ1v) is 16.7. The van der Waals surface area contributed by atoms with Crippen LogP contribution in [-0.4, -0.2) is 11.8 Å². The van der Waals surface area contributed by atoms with Gasteiger partial charge in [-0.15, -0.1) is 0 Å². The zero-order valence-corrected chi connectivity index (χ0v) is 26.5. The van der Waals surface area contributed by atoms with E-state index in [1.54, 1.807) is 0 Å². The van der Waals surface area contributed by atoms with Gasteiger partial charge in [0.2, 0.25) is 0 Å². The smallest absolute Gasteiger partial charge is 0.312 e. The van der Waals surface area contributed by atoms with E-state index in [9.17, 15) is 9.59 Å². The van der Waals surface area contributed by atoms with Crippen LogP contribution >= 0.6 is 0 Å². The van der Waals surface area contributed by atoms with Crippen LogP contribution in [-0.2, 0) is 20.9 Å². The molecule has 0 aromatic heterocycles. The summed E-state index contributed by atoms with van der Waals surface area (Å²) >= 11 is 0. The largest absolute Gasteiger partial charge is 0.460 e. The molecule has 0 N–H and O–H groups in total. The Morgan fingerprint density at radius 3 is 2.33 bits per heavy atom. The molecule has 0 spiro atoms. The standard InChI is InChI=1S/C37H56O3/c1-24(2)28-18-22-37(34(39)40-23-27-11-9-8-10-12-27)21-17-25(3)29(33(28)37)14-15-30-26(4)13-16-31-35(5,6)32(38)19-20-36(30,31)7/h8-12,24-26,28-31,33H,13-23H2,1-7H3. The van der Waals surface area contributed by atoms with Gasteiger partial charge in [0.1, 0.15) is 12.4 Å². The summed E-state index contributed by atoms with van der Waals surface area (Å²) in [5.74, 6) is 5.23. The molecule has 0 heterocycles. The minimum absolute atomic E-state index is 0.0759. The molecule has 4 fully saturated rings. The normalized spacial score (nSPS) is 40.9. The molecule has 1 aromatic carbocycles. The van der Waals surface area contributed by atoms with Crippen LogP contribution in [0.25, 0.3) is 0 Å². The third-order valence-corrected chi connectivity index (χ3v) is 13.3. The van der Waals surface area contributed by atoms with Crippen molar-refractivity contribution in [3.05, 3.63) is 35.9 Å². The minimum Gasteiger partial charge on any atom is -0.460 e. The molecule has 4 aliphatic carbocycles. The zero-order chi connectivity index (χ0) is 28.9. The van der Waals surface area contributed by atoms with Crippen LogP contribution in [0.3, 0.4) is 0 Å². The summed E-state index contributed by atoms with van der Waals surface area (Å²) in [7, 11) is 0. The second-order valence-electron chi connectivity index (χ2n) is 15.8. The van der Waals surface area contributed by atoms with Crippen LogP contribution in [0.5, 0.6) is 0 Å². The van der Waals surface area contributed by atoms with E-state index >= 15 is 0 Å². The Morgan fingerprint density at radius 1 is 0.925 bits per heavy atom. The Bertz CT molecular complexity index is 1060. The summed E-state index contributed by atoms with van der Waals surface area (Å²) < 4.78 is 6.14. The molecule has 4 saturated carbocycles. The maximum Gasteiger partial charge on any atom is 0.312 e. The maximum absolute atomic E-state index is 14.0. The van der Waals surface area contributed by atoms with Gasteiger partial charge in [-0.1, -0.05) is 85.2 Å². The molecular weight excluding hydrogens is 492 g/mol. The van der Waals surface area contributed by atoms with Crippen LogP contribution in [0.2, 0.25) is 0 Å². The van der Waals surface area contributed by atoms with E-state index in [-0.39, 0.29) is 22.2 Å². The van der Waals surface area contributed by atoms with Gasteiger partial charge >= 0.3 is 5.97 Å². The van der Waals surface area contributed by atoms with E-state index in [0.29, 0.717) is 59.7 Å². The Balaban J connectivity index is 1.38. The number of hydrogen-bond acceptors (Lipinski definition) is 3. The number of ketones is 1. The topological polar surface area (TPSA) is 43.4 Å². The van der Waals surface area contributed by atoms with Gasteiger partial charge in [0.15, 0.2) is 0 Å². The first-order valence-electron chi connectivity index (χ1n) is 16.7. The van der Waals surface area contributed by atoms with E-state index in [4.69, 9.17) is 4.74 Å². The third-order valence-electron chi connectivity index (χ3n) is 13.3. The molecule has 0 amide bonds. The van der Waals surface area contributed by atoms with Gasteiger partial charge < -0.3 is 4.74 Å². The van der Waals surface area contributed by atoms with E-state index in [2.05, 4.69) is 60.6 Å². The highest BCUT2D eigenvalue weighted by Crippen LogP contribution is 2.64. The van der Waals surface area contributed by atoms with Gasteiger partial charge in [0, 0.05) is 11.8 Å². The average Bonchev–Trinajstić information content (AvgIpc) is 3.32. The summed E-state index contributed by atoms with van der Waals surface area (Å²) in [4.78, 5) is 27.0. The van der Waals surface area contributed by atoms with E-state index in [0.717, 1.165) is 44.1 Å². The summed E-state index contributed by atoms with van der Waals surface area (Å²) in [5, 5.41) is 0. The van der Waals surface area contributed by atoms with Crippen LogP contribution in [0.4, 0.5) is 0 Å². The van der Waals surface area contributed by atoms with Crippen molar-refractivity contribution in [1.29, 1.82) is 0 Å². The van der Waals surface area contributed by atoms with Gasteiger partial charge in [0.25, 0.3) is 0 Å². The number of rotatable bonds is 7. The second kappa shape index (κ2) is 11.2. The first-order chi connectivity index (χ1) is 18.9. The van der Waals surface area contributed by atoms with Gasteiger partial charge in [-0.25, -0.2) is 0 Å². The van der Waals surface area contributed by atoms with Crippen molar-refractivity contribution in [2.45, 2.75) is 119 Å². The molecule has 0 saturated heterocycles. The van der Waals surface area contributed by atoms with Crippen LogP contribution in [0, 0.1) is 63.6 Å². The molecule has 4 aliphatic rings. The number of carbonyl (C=O) groups excluding carboxylic acids is 2. The van der Waals surface area contributed by atoms with Crippen LogP contribution in [0.15, 0.2) is 30.3 Å². The Kier molecular flexibility index (Phi) is 8.37. The van der Waals surface area contributed by atoms with Crippen molar-refractivity contribution in [1.82, 2.24) is 0 Å². The number of ether oxygens (including phenoxy) is 1. The molecule has 0 aliphatic heterocycles. The fraction of sp³-hybridized carbons (Fsp3) is 0.784. The van der Waals surface area contributed by atoms with E-state index < -0.39 is 0 Å². The highest BCUT2D eigenvalue weighted by molar-refractivity contribution is 5.85. The van der Waals surface area contributed by atoms with Gasteiger partial charge in [0.05, 0.1) is 5.41 Å². The van der Waals surface area contributed by atoms with Crippen molar-refractivity contribution >= 4 is 11.8 Å². The Hall–Kier alpha value is -1.64. The summed E-state index contributed by atoms with van der Waals surface area (Å²) in [6.45, 7) is 17.1. The fourth-order valence-electron chi connectivity index (χ4n) is 11.0. The Labute approximate surface area is 244 Å². The number of fused-ring (bicyclic) bond motifs is 2. The fourth-order valence-corrected chi connectivity index (χ4v) is 11.0. The SMILES string of the molecule is CC(C)C1CCC2(C(=O)OCc3ccccc3)CCC(C)C(CCC3C(C)CCC4C(C)(C)C(=O)CCC34C)C12. The summed E-state index contributed by atoms with van der Waals surface area (Å²) in [6, 6.07) is 10.2. The molecule has 5 rings (SSSR count).